The molecule has 0 amide bonds. The second kappa shape index (κ2) is 11.4. The fourth-order valence-electron chi connectivity index (χ4n) is 3.53. The van der Waals surface area contributed by atoms with Gasteiger partial charge in [0.1, 0.15) is 76.2 Å². The molecule has 28 heavy (non-hydrogen) atoms. The number of aliphatic hydroxyl groups is 2. The Hall–Kier alpha value is -1.68. The van der Waals surface area contributed by atoms with Gasteiger partial charge in [-0.1, -0.05) is 0 Å². The van der Waals surface area contributed by atoms with E-state index < -0.39 is 12.2 Å². The second-order valence-electron chi connectivity index (χ2n) is 7.40. The maximum atomic E-state index is 10.2. The number of rotatable bonds is 12. The molecule has 1 aliphatic heterocycles. The molecule has 156 valence electrons. The number of furan rings is 2. The van der Waals surface area contributed by atoms with Crippen LogP contribution in [0.4, 0.5) is 0 Å². The summed E-state index contributed by atoms with van der Waals surface area (Å²) >= 11 is 0. The summed E-state index contributed by atoms with van der Waals surface area (Å²) in [6, 6.07) is 7.36. The van der Waals surface area contributed by atoms with E-state index in [9.17, 15) is 10.2 Å². The zero-order chi connectivity index (χ0) is 19.6. The fraction of sp³-hybridized carbons (Fsp3) is 0.600. The molecule has 0 aromatic carbocycles. The first kappa shape index (κ1) is 21.0. The van der Waals surface area contributed by atoms with Gasteiger partial charge in [0.15, 0.2) is 0 Å². The van der Waals surface area contributed by atoms with Gasteiger partial charge < -0.3 is 38.3 Å². The highest BCUT2D eigenvalue weighted by Crippen LogP contribution is 2.02. The molecule has 1 fully saturated rings. The number of ether oxygens (including phenoxy) is 2. The molecule has 8 heteroatoms. The van der Waals surface area contributed by atoms with Crippen LogP contribution in [0, 0.1) is 0 Å². The highest BCUT2D eigenvalue weighted by Gasteiger charge is 2.26. The number of nitrogens with one attached hydrogen (secondary N) is 2. The number of quaternary nitrogens is 2. The van der Waals surface area contributed by atoms with Crippen molar-refractivity contribution < 1.29 is 38.3 Å². The molecule has 0 unspecified atom stereocenters. The molecule has 3 rings (SSSR count). The topological polar surface area (TPSA) is 94.1 Å². The van der Waals surface area contributed by atoms with E-state index in [1.165, 1.54) is 9.80 Å². The van der Waals surface area contributed by atoms with Crippen molar-refractivity contribution in [2.24, 2.45) is 0 Å². The lowest BCUT2D eigenvalue weighted by atomic mass is 10.2. The molecule has 3 heterocycles. The predicted molar refractivity (Wildman–Crippen MR) is 99.9 cm³/mol. The van der Waals surface area contributed by atoms with Gasteiger partial charge in [0, 0.05) is 0 Å². The zero-order valence-corrected chi connectivity index (χ0v) is 16.2. The van der Waals surface area contributed by atoms with Crippen LogP contribution in [0.25, 0.3) is 0 Å². The van der Waals surface area contributed by atoms with Crippen LogP contribution in [0.2, 0.25) is 0 Å². The van der Waals surface area contributed by atoms with Gasteiger partial charge >= 0.3 is 0 Å². The number of piperazine rings is 1. The molecule has 2 aromatic rings. The van der Waals surface area contributed by atoms with Gasteiger partial charge in [-0.3, -0.25) is 0 Å². The van der Waals surface area contributed by atoms with E-state index in [2.05, 4.69) is 0 Å². The third-order valence-corrected chi connectivity index (χ3v) is 4.98. The van der Waals surface area contributed by atoms with Crippen LogP contribution in [0.5, 0.6) is 0 Å². The smallest absolute Gasteiger partial charge is 0.129 e. The lowest BCUT2D eigenvalue weighted by molar-refractivity contribution is -1.01. The lowest BCUT2D eigenvalue weighted by Crippen LogP contribution is -3.28. The largest absolute Gasteiger partial charge is 0.467 e. The lowest BCUT2D eigenvalue weighted by Gasteiger charge is -2.31. The van der Waals surface area contributed by atoms with Crippen LogP contribution in [0.15, 0.2) is 45.6 Å². The summed E-state index contributed by atoms with van der Waals surface area (Å²) < 4.78 is 21.4. The van der Waals surface area contributed by atoms with Gasteiger partial charge in [-0.2, -0.15) is 0 Å². The molecule has 1 saturated heterocycles. The van der Waals surface area contributed by atoms with Crippen LogP contribution in [0.3, 0.4) is 0 Å². The molecule has 8 nitrogen and oxygen atoms in total. The van der Waals surface area contributed by atoms with E-state index in [1.54, 1.807) is 12.5 Å². The fourth-order valence-corrected chi connectivity index (χ4v) is 3.53. The molecule has 0 saturated carbocycles. The summed E-state index contributed by atoms with van der Waals surface area (Å²) in [5, 5.41) is 20.3. The van der Waals surface area contributed by atoms with E-state index in [0.29, 0.717) is 39.5 Å². The number of hydrogen-bond acceptors (Lipinski definition) is 6. The van der Waals surface area contributed by atoms with Crippen molar-refractivity contribution in [2.75, 3.05) is 52.5 Å². The Morgan fingerprint density at radius 2 is 1.21 bits per heavy atom. The summed E-state index contributed by atoms with van der Waals surface area (Å²) in [5.74, 6) is 1.53. The quantitative estimate of drug-likeness (QED) is 0.335. The molecule has 0 bridgehead atoms. The average molecular weight is 396 g/mol. The first-order valence-electron chi connectivity index (χ1n) is 9.92. The van der Waals surface area contributed by atoms with Crippen LogP contribution < -0.4 is 9.80 Å². The van der Waals surface area contributed by atoms with Gasteiger partial charge in [-0.15, -0.1) is 0 Å². The third kappa shape index (κ3) is 7.38. The Balaban J connectivity index is 1.23. The minimum Gasteiger partial charge on any atom is -0.467 e. The Morgan fingerprint density at radius 3 is 1.57 bits per heavy atom. The summed E-state index contributed by atoms with van der Waals surface area (Å²) in [5.41, 5.74) is 0. The highest BCUT2D eigenvalue weighted by molar-refractivity contribution is 4.96. The van der Waals surface area contributed by atoms with Gasteiger partial charge in [-0.05, 0) is 24.3 Å². The Morgan fingerprint density at radius 1 is 0.786 bits per heavy atom. The van der Waals surface area contributed by atoms with Crippen molar-refractivity contribution in [1.82, 2.24) is 0 Å². The number of hydrogen-bond donors (Lipinski definition) is 4. The number of aliphatic hydroxyl groups excluding tert-OH is 2. The maximum Gasteiger partial charge on any atom is 0.129 e. The Kier molecular flexibility index (Phi) is 8.53. The summed E-state index contributed by atoms with van der Waals surface area (Å²) in [6.45, 7) is 6.66. The maximum absolute atomic E-state index is 10.2. The average Bonchev–Trinajstić information content (AvgIpc) is 3.37. The van der Waals surface area contributed by atoms with Crippen molar-refractivity contribution in [2.45, 2.75) is 25.4 Å². The Labute approximate surface area is 165 Å². The van der Waals surface area contributed by atoms with Crippen molar-refractivity contribution >= 4 is 0 Å². The molecular formula is C20H32N2O6+2. The van der Waals surface area contributed by atoms with Crippen molar-refractivity contribution in [1.29, 1.82) is 0 Å². The molecule has 2 aromatic heterocycles. The zero-order valence-electron chi connectivity index (χ0n) is 16.2. The molecule has 1 aliphatic rings. The second-order valence-corrected chi connectivity index (χ2v) is 7.40. The van der Waals surface area contributed by atoms with E-state index in [-0.39, 0.29) is 0 Å². The van der Waals surface area contributed by atoms with Crippen molar-refractivity contribution in [3.63, 3.8) is 0 Å². The summed E-state index contributed by atoms with van der Waals surface area (Å²) in [4.78, 5) is 2.75. The molecule has 2 atom stereocenters. The molecule has 0 aliphatic carbocycles. The van der Waals surface area contributed by atoms with Crippen LogP contribution >= 0.6 is 0 Å². The van der Waals surface area contributed by atoms with E-state index in [4.69, 9.17) is 18.3 Å². The van der Waals surface area contributed by atoms with Gasteiger partial charge in [0.25, 0.3) is 0 Å². The highest BCUT2D eigenvalue weighted by atomic mass is 16.5. The van der Waals surface area contributed by atoms with E-state index in [0.717, 1.165) is 37.7 Å². The van der Waals surface area contributed by atoms with E-state index in [1.807, 2.05) is 24.3 Å². The van der Waals surface area contributed by atoms with Crippen LogP contribution in [0.1, 0.15) is 11.5 Å². The van der Waals surface area contributed by atoms with Crippen molar-refractivity contribution in [3.8, 4) is 0 Å². The molecule has 4 N–H and O–H groups in total. The first-order chi connectivity index (χ1) is 13.7. The van der Waals surface area contributed by atoms with Gasteiger partial charge in [0.05, 0.1) is 25.7 Å². The minimum absolute atomic E-state index is 0.312. The van der Waals surface area contributed by atoms with E-state index >= 15 is 0 Å². The van der Waals surface area contributed by atoms with Gasteiger partial charge in [-0.25, -0.2) is 0 Å². The normalized spacial score (nSPS) is 22.2. The molecule has 0 spiro atoms. The van der Waals surface area contributed by atoms with Crippen LogP contribution in [-0.4, -0.2) is 74.9 Å². The summed E-state index contributed by atoms with van der Waals surface area (Å²) in [7, 11) is 0. The Bertz CT molecular complexity index is 569. The first-order valence-corrected chi connectivity index (χ1v) is 9.92. The summed E-state index contributed by atoms with van der Waals surface area (Å²) in [6.07, 6.45) is 2.27. The van der Waals surface area contributed by atoms with Crippen LogP contribution in [-0.2, 0) is 22.7 Å². The van der Waals surface area contributed by atoms with Gasteiger partial charge in [0.2, 0.25) is 0 Å². The monoisotopic (exact) mass is 396 g/mol. The minimum atomic E-state index is -0.480. The third-order valence-electron chi connectivity index (χ3n) is 4.98. The molecular weight excluding hydrogens is 364 g/mol. The predicted octanol–water partition coefficient (Wildman–Crippen LogP) is -1.89. The van der Waals surface area contributed by atoms with Crippen molar-refractivity contribution in [3.05, 3.63) is 48.3 Å². The molecule has 0 radical (unpaired) electrons. The standard InChI is InChI=1S/C20H30N2O6/c23-17(13-25-15-19-3-1-9-27-19)11-21-5-7-22(8-6-21)12-18(24)14-26-16-20-4-2-10-28-20/h1-4,9-10,17-18,23-24H,5-8,11-16H2/p+2/t17-,18-/m0/s1. The SMILES string of the molecule is O[C@H](COCc1ccco1)C[NH+]1CC[NH+](C[C@H](O)COCc2ccco2)CC1.